The molecule has 0 amide bonds. The summed E-state index contributed by atoms with van der Waals surface area (Å²) in [6, 6.07) is 49.6. The standard InChI is InChI=1S/C35H24N2S/c1-3-8-25(9-4-1)27-13-17-29(18-14-27)37(30-19-15-28(16-20-30)26-10-5-2-6-11-26)31-21-22-33-32(24-31)35-34(38-33)12-7-23-36-35/h1-24H. The summed E-state index contributed by atoms with van der Waals surface area (Å²) in [5.41, 5.74) is 9.25. The number of rotatable bonds is 5. The van der Waals surface area contributed by atoms with Crippen LogP contribution in [0.15, 0.2) is 146 Å². The van der Waals surface area contributed by atoms with E-state index in [4.69, 9.17) is 4.98 Å². The highest BCUT2D eigenvalue weighted by molar-refractivity contribution is 7.25. The van der Waals surface area contributed by atoms with Gasteiger partial charge in [-0.05, 0) is 76.9 Å². The molecule has 0 aliphatic heterocycles. The SMILES string of the molecule is c1ccc(-c2ccc(N(c3ccc(-c4ccccc4)cc3)c3ccc4sc5cccnc5c4c3)cc2)cc1. The molecule has 2 heterocycles. The summed E-state index contributed by atoms with van der Waals surface area (Å²) in [6.07, 6.45) is 1.88. The van der Waals surface area contributed by atoms with E-state index in [0.717, 1.165) is 22.6 Å². The fourth-order valence-corrected chi connectivity index (χ4v) is 6.08. The van der Waals surface area contributed by atoms with E-state index in [9.17, 15) is 0 Å². The van der Waals surface area contributed by atoms with Crippen LogP contribution in [0.3, 0.4) is 0 Å². The molecule has 0 aliphatic rings. The molecule has 0 saturated heterocycles. The number of thiophene rings is 1. The van der Waals surface area contributed by atoms with Crippen molar-refractivity contribution in [3.05, 3.63) is 146 Å². The number of fused-ring (bicyclic) bond motifs is 3. The smallest absolute Gasteiger partial charge is 0.0889 e. The number of hydrogen-bond donors (Lipinski definition) is 0. The summed E-state index contributed by atoms with van der Waals surface area (Å²) in [7, 11) is 0. The molecule has 0 aliphatic carbocycles. The Bertz CT molecular complexity index is 1760. The molecule has 5 aromatic carbocycles. The molecule has 0 spiro atoms. The van der Waals surface area contributed by atoms with Crippen LogP contribution in [0.25, 0.3) is 42.6 Å². The van der Waals surface area contributed by atoms with Gasteiger partial charge in [-0.3, -0.25) is 4.98 Å². The number of pyridine rings is 1. The molecule has 0 atom stereocenters. The molecule has 180 valence electrons. The maximum Gasteiger partial charge on any atom is 0.0889 e. The van der Waals surface area contributed by atoms with Gasteiger partial charge >= 0.3 is 0 Å². The molecule has 0 fully saturated rings. The number of benzene rings is 5. The highest BCUT2D eigenvalue weighted by atomic mass is 32.1. The topological polar surface area (TPSA) is 16.1 Å². The second-order valence-corrected chi connectivity index (χ2v) is 10.4. The third-order valence-corrected chi connectivity index (χ3v) is 8.06. The molecule has 3 heteroatoms. The van der Waals surface area contributed by atoms with Crippen molar-refractivity contribution in [1.29, 1.82) is 0 Å². The lowest BCUT2D eigenvalue weighted by Crippen LogP contribution is -2.09. The fraction of sp³-hybridized carbons (Fsp3) is 0. The van der Waals surface area contributed by atoms with E-state index in [0.29, 0.717) is 0 Å². The van der Waals surface area contributed by atoms with E-state index in [2.05, 4.69) is 138 Å². The van der Waals surface area contributed by atoms with Crippen LogP contribution in [0, 0.1) is 0 Å². The predicted molar refractivity (Wildman–Crippen MR) is 163 cm³/mol. The van der Waals surface area contributed by atoms with Crippen molar-refractivity contribution in [2.24, 2.45) is 0 Å². The molecule has 0 bridgehead atoms. The van der Waals surface area contributed by atoms with E-state index in [1.807, 2.05) is 12.3 Å². The Hall–Kier alpha value is -4.73. The predicted octanol–water partition coefficient (Wildman–Crippen LogP) is 10.3. The Morgan fingerprint density at radius 3 is 1.55 bits per heavy atom. The largest absolute Gasteiger partial charge is 0.310 e. The van der Waals surface area contributed by atoms with Gasteiger partial charge in [-0.2, -0.15) is 0 Å². The van der Waals surface area contributed by atoms with Crippen LogP contribution in [0.5, 0.6) is 0 Å². The minimum Gasteiger partial charge on any atom is -0.310 e. The van der Waals surface area contributed by atoms with Gasteiger partial charge < -0.3 is 4.90 Å². The highest BCUT2D eigenvalue weighted by Gasteiger charge is 2.15. The van der Waals surface area contributed by atoms with Gasteiger partial charge in [-0.15, -0.1) is 11.3 Å². The van der Waals surface area contributed by atoms with Crippen LogP contribution in [-0.2, 0) is 0 Å². The Morgan fingerprint density at radius 1 is 0.447 bits per heavy atom. The summed E-state index contributed by atoms with van der Waals surface area (Å²) in [6.45, 7) is 0. The number of anilines is 3. The van der Waals surface area contributed by atoms with Gasteiger partial charge in [-0.1, -0.05) is 84.9 Å². The Balaban J connectivity index is 1.35. The first-order chi connectivity index (χ1) is 18.8. The third kappa shape index (κ3) is 4.13. The molecule has 38 heavy (non-hydrogen) atoms. The molecule has 0 radical (unpaired) electrons. The molecule has 7 aromatic rings. The summed E-state index contributed by atoms with van der Waals surface area (Å²) < 4.78 is 2.46. The van der Waals surface area contributed by atoms with Crippen LogP contribution in [0.4, 0.5) is 17.1 Å². The van der Waals surface area contributed by atoms with Gasteiger partial charge in [0.25, 0.3) is 0 Å². The number of nitrogens with zero attached hydrogens (tertiary/aromatic N) is 2. The maximum absolute atomic E-state index is 4.70. The monoisotopic (exact) mass is 504 g/mol. The molecular weight excluding hydrogens is 480 g/mol. The minimum absolute atomic E-state index is 1.06. The minimum atomic E-state index is 1.06. The first kappa shape index (κ1) is 22.5. The van der Waals surface area contributed by atoms with Crippen molar-refractivity contribution in [2.75, 3.05) is 4.90 Å². The highest BCUT2D eigenvalue weighted by Crippen LogP contribution is 2.40. The molecular formula is C35H24N2S. The van der Waals surface area contributed by atoms with Crippen LogP contribution < -0.4 is 4.90 Å². The molecule has 0 N–H and O–H groups in total. The molecule has 2 aromatic heterocycles. The summed E-state index contributed by atoms with van der Waals surface area (Å²) in [5.74, 6) is 0. The summed E-state index contributed by atoms with van der Waals surface area (Å²) in [4.78, 5) is 7.03. The summed E-state index contributed by atoms with van der Waals surface area (Å²) >= 11 is 1.79. The van der Waals surface area contributed by atoms with Crippen molar-refractivity contribution >= 4 is 48.7 Å². The Morgan fingerprint density at radius 2 is 0.974 bits per heavy atom. The molecule has 0 unspecified atom stereocenters. The first-order valence-corrected chi connectivity index (χ1v) is 13.5. The number of aromatic nitrogens is 1. The van der Waals surface area contributed by atoms with Crippen molar-refractivity contribution in [2.45, 2.75) is 0 Å². The van der Waals surface area contributed by atoms with E-state index in [-0.39, 0.29) is 0 Å². The molecule has 7 rings (SSSR count). The molecule has 0 saturated carbocycles. The lowest BCUT2D eigenvalue weighted by molar-refractivity contribution is 1.29. The zero-order chi connectivity index (χ0) is 25.3. The maximum atomic E-state index is 4.70. The summed E-state index contributed by atoms with van der Waals surface area (Å²) in [5, 5.41) is 1.19. The van der Waals surface area contributed by atoms with Crippen molar-refractivity contribution in [3.8, 4) is 22.3 Å². The average molecular weight is 505 g/mol. The van der Waals surface area contributed by atoms with Gasteiger partial charge in [0.15, 0.2) is 0 Å². The van der Waals surface area contributed by atoms with E-state index < -0.39 is 0 Å². The fourth-order valence-electron chi connectivity index (χ4n) is 5.04. The second-order valence-electron chi connectivity index (χ2n) is 9.29. The van der Waals surface area contributed by atoms with E-state index >= 15 is 0 Å². The van der Waals surface area contributed by atoms with Crippen molar-refractivity contribution in [1.82, 2.24) is 4.98 Å². The van der Waals surface area contributed by atoms with E-state index in [1.165, 1.54) is 37.0 Å². The van der Waals surface area contributed by atoms with Crippen molar-refractivity contribution in [3.63, 3.8) is 0 Å². The van der Waals surface area contributed by atoms with Gasteiger partial charge in [0, 0.05) is 33.3 Å². The van der Waals surface area contributed by atoms with Gasteiger partial charge in [0.1, 0.15) is 0 Å². The van der Waals surface area contributed by atoms with Crippen LogP contribution >= 0.6 is 11.3 Å². The quantitative estimate of drug-likeness (QED) is 0.232. The van der Waals surface area contributed by atoms with Crippen LogP contribution in [0.1, 0.15) is 0 Å². The van der Waals surface area contributed by atoms with Gasteiger partial charge in [0.05, 0.1) is 10.2 Å². The van der Waals surface area contributed by atoms with Crippen molar-refractivity contribution < 1.29 is 0 Å². The van der Waals surface area contributed by atoms with Crippen LogP contribution in [0.2, 0.25) is 0 Å². The zero-order valence-electron chi connectivity index (χ0n) is 20.7. The second kappa shape index (κ2) is 9.62. The normalized spacial score (nSPS) is 11.2. The average Bonchev–Trinajstić information content (AvgIpc) is 3.37. The lowest BCUT2D eigenvalue weighted by Gasteiger charge is -2.26. The number of hydrogen-bond acceptors (Lipinski definition) is 3. The lowest BCUT2D eigenvalue weighted by atomic mass is 10.0. The van der Waals surface area contributed by atoms with Gasteiger partial charge in [-0.25, -0.2) is 0 Å². The Kier molecular flexibility index (Phi) is 5.69. The first-order valence-electron chi connectivity index (χ1n) is 12.7. The third-order valence-electron chi connectivity index (χ3n) is 6.93. The zero-order valence-corrected chi connectivity index (χ0v) is 21.5. The molecule has 2 nitrogen and oxygen atoms in total. The van der Waals surface area contributed by atoms with E-state index in [1.54, 1.807) is 11.3 Å². The van der Waals surface area contributed by atoms with Crippen LogP contribution in [-0.4, -0.2) is 4.98 Å². The Labute approximate surface area is 226 Å². The van der Waals surface area contributed by atoms with Gasteiger partial charge in [0.2, 0.25) is 0 Å².